The summed E-state index contributed by atoms with van der Waals surface area (Å²) in [7, 11) is 0. The van der Waals surface area contributed by atoms with E-state index in [2.05, 4.69) is 20.3 Å². The highest BCUT2D eigenvalue weighted by Gasteiger charge is 2.20. The number of aromatic amines is 1. The van der Waals surface area contributed by atoms with Crippen molar-refractivity contribution in [2.24, 2.45) is 0 Å². The van der Waals surface area contributed by atoms with Gasteiger partial charge in [0.2, 0.25) is 0 Å². The molecule has 0 bridgehead atoms. The average molecular weight is 357 g/mol. The SMILES string of the molecule is Cc1nc2c(-c3cc(Cl)cc(C)c3O[C@H]3CCCNC3)ccnc2[nH]1. The van der Waals surface area contributed by atoms with Gasteiger partial charge in [0.25, 0.3) is 0 Å². The number of pyridine rings is 1. The molecule has 0 radical (unpaired) electrons. The molecule has 5 nitrogen and oxygen atoms in total. The number of aryl methyl sites for hydroxylation is 2. The Labute approximate surface area is 151 Å². The number of piperidine rings is 1. The van der Waals surface area contributed by atoms with Gasteiger partial charge in [0, 0.05) is 28.9 Å². The standard InChI is InChI=1S/C19H21ClN4O/c1-11-8-13(20)9-16(18(11)25-14-4-3-6-21-10-14)15-5-7-22-19-17(15)23-12(2)24-19/h5,7-9,14,21H,3-4,6,10H2,1-2H3,(H,22,23,24)/t14-/m0/s1. The van der Waals surface area contributed by atoms with Crippen molar-refractivity contribution in [3.8, 4) is 16.9 Å². The van der Waals surface area contributed by atoms with Crippen LogP contribution in [0.4, 0.5) is 0 Å². The molecule has 1 atom stereocenters. The largest absolute Gasteiger partial charge is 0.488 e. The first kappa shape index (κ1) is 16.4. The van der Waals surface area contributed by atoms with Crippen LogP contribution in [0.2, 0.25) is 5.02 Å². The van der Waals surface area contributed by atoms with E-state index in [0.29, 0.717) is 5.02 Å². The second-order valence-electron chi connectivity index (χ2n) is 6.56. The van der Waals surface area contributed by atoms with Gasteiger partial charge in [0.15, 0.2) is 5.65 Å². The number of benzene rings is 1. The molecular formula is C19H21ClN4O. The molecule has 0 aliphatic carbocycles. The van der Waals surface area contributed by atoms with E-state index in [1.165, 1.54) is 0 Å². The van der Waals surface area contributed by atoms with Crippen LogP contribution in [0.25, 0.3) is 22.3 Å². The van der Waals surface area contributed by atoms with Crippen molar-refractivity contribution in [2.45, 2.75) is 32.8 Å². The number of nitrogens with zero attached hydrogens (tertiary/aromatic N) is 2. The zero-order valence-electron chi connectivity index (χ0n) is 14.4. The lowest BCUT2D eigenvalue weighted by Crippen LogP contribution is -2.37. The second kappa shape index (κ2) is 6.65. The zero-order chi connectivity index (χ0) is 17.4. The van der Waals surface area contributed by atoms with Crippen molar-refractivity contribution in [1.82, 2.24) is 20.3 Å². The number of aromatic nitrogens is 3. The van der Waals surface area contributed by atoms with Gasteiger partial charge in [-0.1, -0.05) is 11.6 Å². The monoisotopic (exact) mass is 356 g/mol. The molecule has 1 aliphatic rings. The van der Waals surface area contributed by atoms with E-state index in [-0.39, 0.29) is 6.10 Å². The zero-order valence-corrected chi connectivity index (χ0v) is 15.2. The Hall–Kier alpha value is -2.11. The summed E-state index contributed by atoms with van der Waals surface area (Å²) in [5.74, 6) is 1.72. The first-order chi connectivity index (χ1) is 12.1. The van der Waals surface area contributed by atoms with Crippen LogP contribution in [0.1, 0.15) is 24.2 Å². The van der Waals surface area contributed by atoms with Gasteiger partial charge in [-0.3, -0.25) is 0 Å². The van der Waals surface area contributed by atoms with Crippen LogP contribution in [0.5, 0.6) is 5.75 Å². The summed E-state index contributed by atoms with van der Waals surface area (Å²) in [4.78, 5) is 12.2. The maximum absolute atomic E-state index is 6.40. The summed E-state index contributed by atoms with van der Waals surface area (Å²) in [6, 6.07) is 5.88. The molecule has 2 aromatic heterocycles. The highest BCUT2D eigenvalue weighted by molar-refractivity contribution is 6.31. The molecule has 4 rings (SSSR count). The molecule has 3 heterocycles. The molecule has 2 N–H and O–H groups in total. The van der Waals surface area contributed by atoms with Crippen LogP contribution in [0, 0.1) is 13.8 Å². The summed E-state index contributed by atoms with van der Waals surface area (Å²) in [6.07, 6.45) is 4.15. The summed E-state index contributed by atoms with van der Waals surface area (Å²) in [6.45, 7) is 5.90. The van der Waals surface area contributed by atoms with Crippen LogP contribution in [-0.4, -0.2) is 34.1 Å². The number of H-pyrrole nitrogens is 1. The molecule has 1 aromatic carbocycles. The van der Waals surface area contributed by atoms with Crippen LogP contribution in [0.3, 0.4) is 0 Å². The second-order valence-corrected chi connectivity index (χ2v) is 7.00. The summed E-state index contributed by atoms with van der Waals surface area (Å²) < 4.78 is 6.40. The van der Waals surface area contributed by atoms with Crippen molar-refractivity contribution < 1.29 is 4.74 Å². The smallest absolute Gasteiger partial charge is 0.157 e. The molecule has 1 aliphatic heterocycles. The maximum Gasteiger partial charge on any atom is 0.157 e. The minimum atomic E-state index is 0.172. The number of imidazole rings is 1. The van der Waals surface area contributed by atoms with E-state index in [1.807, 2.05) is 32.0 Å². The predicted molar refractivity (Wildman–Crippen MR) is 100 cm³/mol. The van der Waals surface area contributed by atoms with Crippen LogP contribution < -0.4 is 10.1 Å². The molecule has 1 fully saturated rings. The molecule has 3 aromatic rings. The lowest BCUT2D eigenvalue weighted by Gasteiger charge is -2.26. The van der Waals surface area contributed by atoms with Gasteiger partial charge in [-0.05, 0) is 57.0 Å². The van der Waals surface area contributed by atoms with Gasteiger partial charge in [0.1, 0.15) is 23.2 Å². The molecule has 130 valence electrons. The topological polar surface area (TPSA) is 62.8 Å². The van der Waals surface area contributed by atoms with Crippen molar-refractivity contribution in [3.05, 3.63) is 40.8 Å². The van der Waals surface area contributed by atoms with Crippen molar-refractivity contribution in [1.29, 1.82) is 0 Å². The fraction of sp³-hybridized carbons (Fsp3) is 0.368. The Morgan fingerprint density at radius 1 is 1.24 bits per heavy atom. The molecular weight excluding hydrogens is 336 g/mol. The quantitative estimate of drug-likeness (QED) is 0.743. The number of hydrogen-bond acceptors (Lipinski definition) is 4. The average Bonchev–Trinajstić information content (AvgIpc) is 2.98. The van der Waals surface area contributed by atoms with E-state index >= 15 is 0 Å². The molecule has 1 saturated heterocycles. The Morgan fingerprint density at radius 3 is 2.92 bits per heavy atom. The number of halogens is 1. The molecule has 0 saturated carbocycles. The third-order valence-electron chi connectivity index (χ3n) is 4.57. The Kier molecular flexibility index (Phi) is 4.36. The van der Waals surface area contributed by atoms with Crippen molar-refractivity contribution in [3.63, 3.8) is 0 Å². The third kappa shape index (κ3) is 3.22. The van der Waals surface area contributed by atoms with Gasteiger partial charge < -0.3 is 15.0 Å². The molecule has 25 heavy (non-hydrogen) atoms. The molecule has 0 amide bonds. The Bertz CT molecular complexity index is 915. The minimum Gasteiger partial charge on any atom is -0.488 e. The lowest BCUT2D eigenvalue weighted by atomic mass is 10.0. The van der Waals surface area contributed by atoms with Gasteiger partial charge in [-0.2, -0.15) is 0 Å². The number of nitrogens with one attached hydrogen (secondary N) is 2. The molecule has 6 heteroatoms. The van der Waals surface area contributed by atoms with E-state index in [0.717, 1.165) is 65.4 Å². The maximum atomic E-state index is 6.40. The molecule has 0 spiro atoms. The highest BCUT2D eigenvalue weighted by Crippen LogP contribution is 2.39. The first-order valence-corrected chi connectivity index (χ1v) is 8.99. The van der Waals surface area contributed by atoms with E-state index in [4.69, 9.17) is 16.3 Å². The summed E-state index contributed by atoms with van der Waals surface area (Å²) in [5, 5.41) is 4.09. The first-order valence-electron chi connectivity index (χ1n) is 8.61. The van der Waals surface area contributed by atoms with Crippen molar-refractivity contribution in [2.75, 3.05) is 13.1 Å². The fourth-order valence-electron chi connectivity index (χ4n) is 3.42. The minimum absolute atomic E-state index is 0.172. The van der Waals surface area contributed by atoms with Crippen LogP contribution in [0.15, 0.2) is 24.4 Å². The highest BCUT2D eigenvalue weighted by atomic mass is 35.5. The van der Waals surface area contributed by atoms with Crippen molar-refractivity contribution >= 4 is 22.8 Å². The summed E-state index contributed by atoms with van der Waals surface area (Å²) in [5.41, 5.74) is 4.60. The predicted octanol–water partition coefficient (Wildman–Crippen LogP) is 4.03. The van der Waals surface area contributed by atoms with Crippen LogP contribution >= 0.6 is 11.6 Å². The Balaban J connectivity index is 1.84. The molecule has 0 unspecified atom stereocenters. The van der Waals surface area contributed by atoms with E-state index in [9.17, 15) is 0 Å². The number of rotatable bonds is 3. The normalized spacial score (nSPS) is 17.8. The third-order valence-corrected chi connectivity index (χ3v) is 4.79. The fourth-order valence-corrected chi connectivity index (χ4v) is 3.69. The van der Waals surface area contributed by atoms with Gasteiger partial charge in [-0.25, -0.2) is 9.97 Å². The number of fused-ring (bicyclic) bond motifs is 1. The Morgan fingerprint density at radius 2 is 2.12 bits per heavy atom. The lowest BCUT2D eigenvalue weighted by molar-refractivity contribution is 0.167. The van der Waals surface area contributed by atoms with Gasteiger partial charge >= 0.3 is 0 Å². The summed E-state index contributed by atoms with van der Waals surface area (Å²) >= 11 is 6.36. The van der Waals surface area contributed by atoms with Crippen LogP contribution in [-0.2, 0) is 0 Å². The number of ether oxygens (including phenoxy) is 1. The van der Waals surface area contributed by atoms with E-state index in [1.54, 1.807) is 6.20 Å². The van der Waals surface area contributed by atoms with Gasteiger partial charge in [-0.15, -0.1) is 0 Å². The van der Waals surface area contributed by atoms with E-state index < -0.39 is 0 Å². The number of hydrogen-bond donors (Lipinski definition) is 2. The van der Waals surface area contributed by atoms with Gasteiger partial charge in [0.05, 0.1) is 0 Å².